The van der Waals surface area contributed by atoms with Crippen LogP contribution in [0.5, 0.6) is 0 Å². The van der Waals surface area contributed by atoms with Gasteiger partial charge in [0, 0.05) is 64.6 Å². The Labute approximate surface area is 397 Å². The van der Waals surface area contributed by atoms with Gasteiger partial charge in [-0.3, -0.25) is 14.4 Å². The van der Waals surface area contributed by atoms with Crippen LogP contribution in [0, 0.1) is 35.5 Å². The van der Waals surface area contributed by atoms with Crippen molar-refractivity contribution in [2.24, 2.45) is 35.5 Å². The maximum Gasteiger partial charge on any atom is 0.410 e. The number of piperidine rings is 2. The molecule has 378 valence electrons. The molecule has 0 aromatic heterocycles. The number of aliphatic hydroxyl groups is 4. The van der Waals surface area contributed by atoms with E-state index < -0.39 is 77.8 Å². The van der Waals surface area contributed by atoms with Crippen LogP contribution in [0.2, 0.25) is 0 Å². The third-order valence-electron chi connectivity index (χ3n) is 15.1. The lowest BCUT2D eigenvalue weighted by molar-refractivity contribution is -0.302. The average Bonchev–Trinajstić information content (AvgIpc) is 3.32. The fourth-order valence-electron chi connectivity index (χ4n) is 10.9. The highest BCUT2D eigenvalue weighted by molar-refractivity contribution is 6.39. The lowest BCUT2D eigenvalue weighted by atomic mass is 9.82. The summed E-state index contributed by atoms with van der Waals surface area (Å²) in [5.41, 5.74) is 1.57. The smallest absolute Gasteiger partial charge is 0.410 e. The summed E-state index contributed by atoms with van der Waals surface area (Å²) in [5, 5.41) is 43.0. The van der Waals surface area contributed by atoms with Crippen LogP contribution in [0.3, 0.4) is 0 Å². The molecule has 16 nitrogen and oxygen atoms in total. The Morgan fingerprint density at radius 3 is 2.21 bits per heavy atom. The fraction of sp³-hybridized carbons (Fsp3) is 0.784. The number of hydrogen-bond donors (Lipinski definition) is 4. The summed E-state index contributed by atoms with van der Waals surface area (Å²) in [6.45, 7) is 10.2. The van der Waals surface area contributed by atoms with Crippen molar-refractivity contribution in [3.8, 4) is 0 Å². The number of likely N-dealkylation sites (tertiary alicyclic amines) is 1. The minimum absolute atomic E-state index is 0.0331. The minimum Gasteiger partial charge on any atom is -0.456 e. The van der Waals surface area contributed by atoms with Crippen molar-refractivity contribution in [1.29, 1.82) is 0 Å². The van der Waals surface area contributed by atoms with Crippen LogP contribution >= 0.6 is 0 Å². The van der Waals surface area contributed by atoms with E-state index in [0.717, 1.165) is 18.4 Å². The summed E-state index contributed by atoms with van der Waals surface area (Å²) >= 11 is 0. The molecule has 0 unspecified atom stereocenters. The largest absolute Gasteiger partial charge is 0.456 e. The molecule has 0 aromatic carbocycles. The Bertz CT molecular complexity index is 1770. The molecule has 4 aliphatic heterocycles. The van der Waals surface area contributed by atoms with Gasteiger partial charge in [-0.15, -0.1) is 0 Å². The minimum atomic E-state index is -2.54. The quantitative estimate of drug-likeness (QED) is 0.132. The summed E-state index contributed by atoms with van der Waals surface area (Å²) in [6, 6.07) is -1.17. The van der Waals surface area contributed by atoms with Crippen molar-refractivity contribution in [3.05, 3.63) is 35.5 Å². The molecule has 4 fully saturated rings. The van der Waals surface area contributed by atoms with Crippen LogP contribution < -0.4 is 0 Å². The van der Waals surface area contributed by atoms with Crippen molar-refractivity contribution < 1.29 is 68.1 Å². The highest BCUT2D eigenvalue weighted by Gasteiger charge is 2.56. The van der Waals surface area contributed by atoms with E-state index in [1.54, 1.807) is 30.9 Å². The van der Waals surface area contributed by atoms with Crippen LogP contribution in [0.15, 0.2) is 35.5 Å². The zero-order valence-electron chi connectivity index (χ0n) is 41.0. The Morgan fingerprint density at radius 2 is 1.57 bits per heavy atom. The number of ether oxygens (including phenoxy) is 5. The van der Waals surface area contributed by atoms with Gasteiger partial charge in [0.15, 0.2) is 0 Å². The second kappa shape index (κ2) is 25.4. The fourth-order valence-corrected chi connectivity index (χ4v) is 10.9. The zero-order chi connectivity index (χ0) is 49.0. The van der Waals surface area contributed by atoms with Gasteiger partial charge in [-0.25, -0.2) is 9.59 Å². The molecular weight excluding hydrogens is 865 g/mol. The molecule has 1 saturated carbocycles. The van der Waals surface area contributed by atoms with Gasteiger partial charge in [0.1, 0.15) is 30.1 Å². The number of allylic oxidation sites excluding steroid dienone is 4. The number of hydrogen-bond acceptors (Lipinski definition) is 14. The van der Waals surface area contributed by atoms with Gasteiger partial charge in [-0.1, -0.05) is 50.6 Å². The molecule has 0 radical (unpaired) electrons. The van der Waals surface area contributed by atoms with Crippen LogP contribution in [-0.4, -0.2) is 155 Å². The molecule has 4 N–H and O–H groups in total. The van der Waals surface area contributed by atoms with Crippen molar-refractivity contribution >= 4 is 29.5 Å². The molecule has 3 saturated heterocycles. The first-order valence-corrected chi connectivity index (χ1v) is 24.8. The van der Waals surface area contributed by atoms with E-state index in [9.17, 15) is 44.4 Å². The maximum absolute atomic E-state index is 14.5. The van der Waals surface area contributed by atoms with E-state index in [2.05, 4.69) is 0 Å². The molecule has 0 aromatic rings. The molecule has 16 heteroatoms. The van der Waals surface area contributed by atoms with Crippen LogP contribution in [0.4, 0.5) is 4.79 Å². The number of rotatable bonds is 9. The summed E-state index contributed by atoms with van der Waals surface area (Å²) < 4.78 is 30.3. The van der Waals surface area contributed by atoms with Crippen LogP contribution in [-0.2, 0) is 42.9 Å². The molecule has 0 spiro atoms. The van der Waals surface area contributed by atoms with E-state index in [0.29, 0.717) is 76.5 Å². The zero-order valence-corrected chi connectivity index (χ0v) is 41.0. The second-order valence-electron chi connectivity index (χ2n) is 20.3. The number of ketones is 2. The second-order valence-corrected chi connectivity index (χ2v) is 20.3. The number of carbonyl (C=O) groups is 5. The molecule has 2 amide bonds. The molecule has 4 heterocycles. The summed E-state index contributed by atoms with van der Waals surface area (Å²) in [6.07, 6.45) is 8.86. The predicted octanol–water partition coefficient (Wildman–Crippen LogP) is 5.23. The summed E-state index contributed by atoms with van der Waals surface area (Å²) in [4.78, 5) is 73.3. The number of nitrogens with zero attached hydrogens (tertiary/aromatic N) is 2. The maximum atomic E-state index is 14.5. The number of amides is 2. The van der Waals surface area contributed by atoms with Crippen molar-refractivity contribution in [2.75, 3.05) is 47.1 Å². The third kappa shape index (κ3) is 14.1. The van der Waals surface area contributed by atoms with Crippen LogP contribution in [0.25, 0.3) is 0 Å². The first kappa shape index (κ1) is 54.4. The molecule has 67 heavy (non-hydrogen) atoms. The molecule has 5 aliphatic rings. The standard InChI is InChI=1S/C51H80N2O14/c1-31-24-32(2)26-43(63-6)46-44(64-7)28-34(4)51(62,67-46)47(58)48(59)53-20-10-8-13-40(53)49(60)66-45(35(5)41(56)29-42(57)38(25-31)12-9-11-23-54)33(3)27-36-14-16-39(17-15-36)65-50(61)52-21-18-37(30-55)19-22-52/h9,11,25,27,32,34-41,43-46,54-56,62H,8,10,12-24,26,28-30H2,1-7H3/b11-9+,31-25+,33-27+/t32-,34+,35+,36?,38+,39?,40-,41-,43-,44-,45+,46+,51+/m0/s1. The lowest BCUT2D eigenvalue weighted by Gasteiger charge is -2.47. The van der Waals surface area contributed by atoms with E-state index in [1.807, 2.05) is 32.9 Å². The molecular formula is C51H80N2O14. The molecule has 5 rings (SSSR count). The Kier molecular flexibility index (Phi) is 20.6. The van der Waals surface area contributed by atoms with E-state index in [-0.39, 0.29) is 74.8 Å². The van der Waals surface area contributed by atoms with Gasteiger partial charge < -0.3 is 53.9 Å². The number of aliphatic hydroxyl groups excluding tert-OH is 3. The van der Waals surface area contributed by atoms with Gasteiger partial charge in [0.25, 0.3) is 11.7 Å². The van der Waals surface area contributed by atoms with Crippen molar-refractivity contribution in [1.82, 2.24) is 9.80 Å². The number of esters is 1. The molecule has 2 bridgehead atoms. The Hall–Kier alpha value is -3.51. The van der Waals surface area contributed by atoms with E-state index in [1.165, 1.54) is 19.1 Å². The highest BCUT2D eigenvalue weighted by atomic mass is 16.7. The first-order valence-electron chi connectivity index (χ1n) is 24.8. The number of cyclic esters (lactones) is 1. The van der Waals surface area contributed by atoms with E-state index in [4.69, 9.17) is 23.7 Å². The highest BCUT2D eigenvalue weighted by Crippen LogP contribution is 2.39. The molecule has 1 aliphatic carbocycles. The summed E-state index contributed by atoms with van der Waals surface area (Å²) in [7, 11) is 3.03. The topological polar surface area (TPSA) is 219 Å². The van der Waals surface area contributed by atoms with Crippen LogP contribution in [0.1, 0.15) is 125 Å². The van der Waals surface area contributed by atoms with Gasteiger partial charge in [0.2, 0.25) is 5.79 Å². The number of fused-ring (bicyclic) bond motifs is 3. The average molecular weight is 945 g/mol. The third-order valence-corrected chi connectivity index (χ3v) is 15.1. The normalized spacial score (nSPS) is 37.3. The number of methoxy groups -OCH3 is 2. The SMILES string of the molecule is CO[C@H]1C[C@@H](C)C/C(C)=C/[C@@H](C/C=C/CO)C(=O)C[C@H](O)[C@@H](C)[C@@H](/C(C)=C/C2CCC(OC(=O)N3CCC(CO)CC3)CC2)OC(=O)[C@@H]2CCCCN2C(=O)C(=O)[C@]2(O)O[C@H]1[C@@H](OC)C[C@H]2C. The lowest BCUT2D eigenvalue weighted by Crippen LogP contribution is -2.64. The van der Waals surface area contributed by atoms with Crippen molar-refractivity contribution in [3.63, 3.8) is 0 Å². The Morgan fingerprint density at radius 1 is 0.896 bits per heavy atom. The van der Waals surface area contributed by atoms with Gasteiger partial charge in [-0.05, 0) is 121 Å². The van der Waals surface area contributed by atoms with Gasteiger partial charge in [-0.2, -0.15) is 0 Å². The number of carbonyl (C=O) groups excluding carboxylic acids is 5. The molecule has 11 atom stereocenters. The predicted molar refractivity (Wildman–Crippen MR) is 248 cm³/mol. The van der Waals surface area contributed by atoms with Gasteiger partial charge >= 0.3 is 12.1 Å². The van der Waals surface area contributed by atoms with Crippen molar-refractivity contribution in [2.45, 2.75) is 173 Å². The van der Waals surface area contributed by atoms with E-state index >= 15 is 0 Å². The Balaban J connectivity index is 1.45. The first-order chi connectivity index (χ1) is 31.9. The summed E-state index contributed by atoms with van der Waals surface area (Å²) in [5.74, 6) is -7.83. The van der Waals surface area contributed by atoms with Gasteiger partial charge in [0.05, 0.1) is 24.9 Å². The monoisotopic (exact) mass is 945 g/mol. The number of Topliss-reactive ketones (excluding diaryl/α,β-unsaturated/α-hetero) is 2.